The molecule has 0 amide bonds. The first-order chi connectivity index (χ1) is 7.54. The maximum absolute atomic E-state index is 11.6. The Morgan fingerprint density at radius 1 is 1.44 bits per heavy atom. The van der Waals surface area contributed by atoms with Crippen LogP contribution in [0.3, 0.4) is 0 Å². The summed E-state index contributed by atoms with van der Waals surface area (Å²) < 4.78 is 5.04. The molecule has 0 aromatic heterocycles. The van der Waals surface area contributed by atoms with Crippen LogP contribution in [-0.2, 0) is 9.53 Å². The first-order valence-corrected chi connectivity index (χ1v) is 6.45. The molecule has 16 heavy (non-hydrogen) atoms. The highest BCUT2D eigenvalue weighted by molar-refractivity contribution is 5.72. The van der Waals surface area contributed by atoms with Crippen LogP contribution in [0.25, 0.3) is 0 Å². The Balaban J connectivity index is 2.42. The second kappa shape index (κ2) is 6.24. The molecule has 1 aliphatic rings. The third-order valence-electron chi connectivity index (χ3n) is 3.44. The van der Waals surface area contributed by atoms with Crippen molar-refractivity contribution in [1.82, 2.24) is 4.90 Å². The number of carbonyl (C=O) groups excluding carboxylic acids is 1. The highest BCUT2D eigenvalue weighted by Gasteiger charge is 2.26. The van der Waals surface area contributed by atoms with E-state index in [0.717, 1.165) is 19.0 Å². The summed E-state index contributed by atoms with van der Waals surface area (Å²) in [5.74, 6) is 0.686. The zero-order valence-corrected chi connectivity index (χ0v) is 11.0. The summed E-state index contributed by atoms with van der Waals surface area (Å²) in [6.07, 6.45) is 2.56. The summed E-state index contributed by atoms with van der Waals surface area (Å²) in [4.78, 5) is 14.0. The normalized spacial score (nSPS) is 28.8. The lowest BCUT2D eigenvalue weighted by Gasteiger charge is -2.37. The van der Waals surface area contributed by atoms with Crippen LogP contribution >= 0.6 is 0 Å². The SMILES string of the molecule is CCOC(=O)C(C)CN1CC(C)CCC1C. The van der Waals surface area contributed by atoms with Crippen LogP contribution in [0.1, 0.15) is 40.5 Å². The Bertz CT molecular complexity index is 230. The first kappa shape index (κ1) is 13.5. The van der Waals surface area contributed by atoms with Crippen molar-refractivity contribution in [2.75, 3.05) is 19.7 Å². The van der Waals surface area contributed by atoms with Crippen LogP contribution < -0.4 is 0 Å². The van der Waals surface area contributed by atoms with Crippen molar-refractivity contribution in [3.63, 3.8) is 0 Å². The number of hydrogen-bond donors (Lipinski definition) is 0. The van der Waals surface area contributed by atoms with Crippen LogP contribution in [-0.4, -0.2) is 36.6 Å². The fourth-order valence-electron chi connectivity index (χ4n) is 2.35. The molecule has 1 aliphatic heterocycles. The van der Waals surface area contributed by atoms with Crippen molar-refractivity contribution >= 4 is 5.97 Å². The van der Waals surface area contributed by atoms with E-state index in [0.29, 0.717) is 12.6 Å². The zero-order chi connectivity index (χ0) is 12.1. The Kier molecular flexibility index (Phi) is 5.26. The molecular formula is C13H25NO2. The molecule has 0 N–H and O–H groups in total. The van der Waals surface area contributed by atoms with Crippen LogP contribution in [0.2, 0.25) is 0 Å². The van der Waals surface area contributed by atoms with E-state index < -0.39 is 0 Å². The number of nitrogens with zero attached hydrogens (tertiary/aromatic N) is 1. The number of piperidine rings is 1. The Hall–Kier alpha value is -0.570. The lowest BCUT2D eigenvalue weighted by Crippen LogP contribution is -2.44. The van der Waals surface area contributed by atoms with E-state index in [2.05, 4.69) is 18.7 Å². The molecule has 1 heterocycles. The van der Waals surface area contributed by atoms with Crippen molar-refractivity contribution in [1.29, 1.82) is 0 Å². The Morgan fingerprint density at radius 2 is 2.12 bits per heavy atom. The lowest BCUT2D eigenvalue weighted by molar-refractivity contribution is -0.148. The van der Waals surface area contributed by atoms with Gasteiger partial charge in [-0.1, -0.05) is 13.8 Å². The molecule has 0 aliphatic carbocycles. The highest BCUT2D eigenvalue weighted by Crippen LogP contribution is 2.22. The van der Waals surface area contributed by atoms with Gasteiger partial charge in [-0.2, -0.15) is 0 Å². The Morgan fingerprint density at radius 3 is 2.75 bits per heavy atom. The monoisotopic (exact) mass is 227 g/mol. The van der Waals surface area contributed by atoms with Gasteiger partial charge < -0.3 is 4.74 Å². The quantitative estimate of drug-likeness (QED) is 0.690. The van der Waals surface area contributed by atoms with E-state index in [4.69, 9.17) is 4.74 Å². The predicted molar refractivity (Wildman–Crippen MR) is 65.2 cm³/mol. The van der Waals surface area contributed by atoms with Gasteiger partial charge in [-0.25, -0.2) is 0 Å². The molecule has 0 bridgehead atoms. The van der Waals surface area contributed by atoms with Gasteiger partial charge >= 0.3 is 5.97 Å². The van der Waals surface area contributed by atoms with Gasteiger partial charge in [0.25, 0.3) is 0 Å². The van der Waals surface area contributed by atoms with E-state index in [1.54, 1.807) is 0 Å². The summed E-state index contributed by atoms with van der Waals surface area (Å²) >= 11 is 0. The van der Waals surface area contributed by atoms with Gasteiger partial charge in [-0.3, -0.25) is 9.69 Å². The topological polar surface area (TPSA) is 29.5 Å². The maximum Gasteiger partial charge on any atom is 0.309 e. The number of likely N-dealkylation sites (tertiary alicyclic amines) is 1. The first-order valence-electron chi connectivity index (χ1n) is 6.45. The van der Waals surface area contributed by atoms with Crippen molar-refractivity contribution in [2.24, 2.45) is 11.8 Å². The second-order valence-corrected chi connectivity index (χ2v) is 5.14. The molecule has 0 aromatic carbocycles. The molecular weight excluding hydrogens is 202 g/mol. The molecule has 0 aromatic rings. The average Bonchev–Trinajstić information content (AvgIpc) is 2.23. The summed E-state index contributed by atoms with van der Waals surface area (Å²) in [7, 11) is 0. The molecule has 0 spiro atoms. The molecule has 0 saturated carbocycles. The third-order valence-corrected chi connectivity index (χ3v) is 3.44. The number of ether oxygens (including phenoxy) is 1. The molecule has 0 radical (unpaired) electrons. The minimum absolute atomic E-state index is 0.00676. The minimum Gasteiger partial charge on any atom is -0.466 e. The number of rotatable bonds is 4. The van der Waals surface area contributed by atoms with Crippen LogP contribution in [0, 0.1) is 11.8 Å². The number of hydrogen-bond acceptors (Lipinski definition) is 3. The summed E-state index contributed by atoms with van der Waals surface area (Å²) in [6, 6.07) is 0.605. The molecule has 3 nitrogen and oxygen atoms in total. The second-order valence-electron chi connectivity index (χ2n) is 5.14. The van der Waals surface area contributed by atoms with Gasteiger partial charge in [0.05, 0.1) is 12.5 Å². The van der Waals surface area contributed by atoms with Crippen molar-refractivity contribution < 1.29 is 9.53 Å². The van der Waals surface area contributed by atoms with Gasteiger partial charge in [0.15, 0.2) is 0 Å². The third kappa shape index (κ3) is 3.78. The molecule has 3 unspecified atom stereocenters. The van der Waals surface area contributed by atoms with Gasteiger partial charge in [-0.15, -0.1) is 0 Å². The van der Waals surface area contributed by atoms with Gasteiger partial charge in [0.2, 0.25) is 0 Å². The van der Waals surface area contributed by atoms with E-state index in [-0.39, 0.29) is 11.9 Å². The van der Waals surface area contributed by atoms with E-state index in [1.165, 1.54) is 12.8 Å². The summed E-state index contributed by atoms with van der Waals surface area (Å²) in [6.45, 7) is 10.8. The smallest absolute Gasteiger partial charge is 0.309 e. The predicted octanol–water partition coefficient (Wildman–Crippen LogP) is 2.31. The molecule has 3 atom stereocenters. The fraction of sp³-hybridized carbons (Fsp3) is 0.923. The maximum atomic E-state index is 11.6. The average molecular weight is 227 g/mol. The van der Waals surface area contributed by atoms with Gasteiger partial charge in [0, 0.05) is 19.1 Å². The van der Waals surface area contributed by atoms with Crippen LogP contribution in [0.5, 0.6) is 0 Å². The van der Waals surface area contributed by atoms with Gasteiger partial charge in [0.1, 0.15) is 0 Å². The lowest BCUT2D eigenvalue weighted by atomic mass is 9.94. The fourth-order valence-corrected chi connectivity index (χ4v) is 2.35. The molecule has 94 valence electrons. The van der Waals surface area contributed by atoms with Gasteiger partial charge in [-0.05, 0) is 32.6 Å². The van der Waals surface area contributed by atoms with E-state index in [1.807, 2.05) is 13.8 Å². The zero-order valence-electron chi connectivity index (χ0n) is 11.0. The van der Waals surface area contributed by atoms with Crippen molar-refractivity contribution in [3.8, 4) is 0 Å². The van der Waals surface area contributed by atoms with Crippen molar-refractivity contribution in [2.45, 2.75) is 46.6 Å². The molecule has 1 saturated heterocycles. The highest BCUT2D eigenvalue weighted by atomic mass is 16.5. The van der Waals surface area contributed by atoms with Crippen LogP contribution in [0.15, 0.2) is 0 Å². The standard InChI is InChI=1S/C13H25NO2/c1-5-16-13(15)11(3)9-14-8-10(2)6-7-12(14)4/h10-12H,5-9H2,1-4H3. The number of esters is 1. The van der Waals surface area contributed by atoms with Crippen molar-refractivity contribution in [3.05, 3.63) is 0 Å². The van der Waals surface area contributed by atoms with E-state index in [9.17, 15) is 4.79 Å². The Labute approximate surface area is 99.1 Å². The van der Waals surface area contributed by atoms with E-state index >= 15 is 0 Å². The minimum atomic E-state index is -0.0621. The van der Waals surface area contributed by atoms with Crippen LogP contribution in [0.4, 0.5) is 0 Å². The summed E-state index contributed by atoms with van der Waals surface area (Å²) in [5, 5.41) is 0. The largest absolute Gasteiger partial charge is 0.466 e. The molecule has 1 rings (SSSR count). The molecule has 1 fully saturated rings. The molecule has 3 heteroatoms. The summed E-state index contributed by atoms with van der Waals surface area (Å²) in [5.41, 5.74) is 0. The number of carbonyl (C=O) groups is 1.